The molecule has 1 aromatic heterocycles. The van der Waals surface area contributed by atoms with Crippen LogP contribution in [0.2, 0.25) is 0 Å². The number of hydrogen-bond acceptors (Lipinski definition) is 5. The van der Waals surface area contributed by atoms with E-state index in [9.17, 15) is 13.2 Å². The van der Waals surface area contributed by atoms with Crippen LogP contribution >= 0.6 is 0 Å². The first-order valence-electron chi connectivity index (χ1n) is 5.65. The van der Waals surface area contributed by atoms with E-state index in [2.05, 4.69) is 27.1 Å². The van der Waals surface area contributed by atoms with Gasteiger partial charge in [-0.05, 0) is 6.42 Å². The summed E-state index contributed by atoms with van der Waals surface area (Å²) in [6.07, 6.45) is 5.49. The first kappa shape index (κ1) is 15.1. The van der Waals surface area contributed by atoms with Crippen LogP contribution < -0.4 is 5.32 Å². The SMILES string of the molecule is CNC(=O)CCCC#Cc1cnc(S(C)(=O)=O)nc1. The molecule has 0 spiro atoms. The molecule has 1 heterocycles. The van der Waals surface area contributed by atoms with Gasteiger partial charge in [-0.25, -0.2) is 18.4 Å². The predicted molar refractivity (Wildman–Crippen MR) is 69.9 cm³/mol. The highest BCUT2D eigenvalue weighted by Crippen LogP contribution is 2.01. The molecule has 0 bridgehead atoms. The summed E-state index contributed by atoms with van der Waals surface area (Å²) in [5, 5.41) is 2.32. The molecule has 1 rings (SSSR count). The molecule has 1 aromatic rings. The molecule has 0 aromatic carbocycles. The van der Waals surface area contributed by atoms with Crippen molar-refractivity contribution in [2.45, 2.75) is 24.4 Å². The second-order valence-corrected chi connectivity index (χ2v) is 5.76. The lowest BCUT2D eigenvalue weighted by atomic mass is 10.2. The third-order valence-corrected chi connectivity index (χ3v) is 3.05. The fraction of sp³-hybridized carbons (Fsp3) is 0.417. The third-order valence-electron chi connectivity index (χ3n) is 2.18. The molecule has 0 radical (unpaired) electrons. The smallest absolute Gasteiger partial charge is 0.246 e. The highest BCUT2D eigenvalue weighted by atomic mass is 32.2. The molecule has 1 amide bonds. The first-order valence-corrected chi connectivity index (χ1v) is 7.54. The fourth-order valence-corrected chi connectivity index (χ4v) is 1.69. The second-order valence-electron chi connectivity index (χ2n) is 3.85. The molecule has 7 heteroatoms. The number of hydrogen-bond donors (Lipinski definition) is 1. The Balaban J connectivity index is 2.53. The van der Waals surface area contributed by atoms with Gasteiger partial charge in [-0.3, -0.25) is 4.79 Å². The highest BCUT2D eigenvalue weighted by Gasteiger charge is 2.09. The molecule has 102 valence electrons. The quantitative estimate of drug-likeness (QED) is 0.482. The topological polar surface area (TPSA) is 89.0 Å². The number of rotatable bonds is 4. The van der Waals surface area contributed by atoms with Crippen molar-refractivity contribution in [3.8, 4) is 11.8 Å². The number of nitrogens with zero attached hydrogens (tertiary/aromatic N) is 2. The van der Waals surface area contributed by atoms with Gasteiger partial charge >= 0.3 is 0 Å². The molecule has 0 unspecified atom stereocenters. The summed E-state index contributed by atoms with van der Waals surface area (Å²) in [6, 6.07) is 0. The van der Waals surface area contributed by atoms with E-state index in [0.29, 0.717) is 24.8 Å². The minimum atomic E-state index is -3.38. The molecule has 0 aliphatic rings. The average Bonchev–Trinajstić information content (AvgIpc) is 2.37. The number of aromatic nitrogens is 2. The zero-order valence-corrected chi connectivity index (χ0v) is 11.6. The van der Waals surface area contributed by atoms with Gasteiger partial charge < -0.3 is 5.32 Å². The van der Waals surface area contributed by atoms with Crippen LogP contribution in [0.15, 0.2) is 17.6 Å². The monoisotopic (exact) mass is 281 g/mol. The van der Waals surface area contributed by atoms with Gasteiger partial charge in [-0.2, -0.15) is 0 Å². The van der Waals surface area contributed by atoms with Crippen molar-refractivity contribution in [1.82, 2.24) is 15.3 Å². The van der Waals surface area contributed by atoms with Crippen LogP contribution in [0.25, 0.3) is 0 Å². The van der Waals surface area contributed by atoms with E-state index in [-0.39, 0.29) is 11.1 Å². The molecule has 0 aliphatic carbocycles. The summed E-state index contributed by atoms with van der Waals surface area (Å²) in [7, 11) is -1.78. The summed E-state index contributed by atoms with van der Waals surface area (Å²) in [6.45, 7) is 0. The Labute approximate surface area is 112 Å². The van der Waals surface area contributed by atoms with Gasteiger partial charge in [0.2, 0.25) is 20.9 Å². The van der Waals surface area contributed by atoms with Crippen molar-refractivity contribution in [1.29, 1.82) is 0 Å². The minimum Gasteiger partial charge on any atom is -0.359 e. The summed E-state index contributed by atoms with van der Waals surface area (Å²) in [5.74, 6) is 5.68. The predicted octanol–water partition coefficient (Wildman–Crippen LogP) is 0.148. The lowest BCUT2D eigenvalue weighted by Gasteiger charge is -1.96. The summed E-state index contributed by atoms with van der Waals surface area (Å²) in [5.41, 5.74) is 0.548. The van der Waals surface area contributed by atoms with Crippen LogP contribution in [0.5, 0.6) is 0 Å². The lowest BCUT2D eigenvalue weighted by molar-refractivity contribution is -0.120. The zero-order valence-electron chi connectivity index (χ0n) is 10.8. The van der Waals surface area contributed by atoms with E-state index in [1.165, 1.54) is 12.4 Å². The van der Waals surface area contributed by atoms with E-state index in [4.69, 9.17) is 0 Å². The lowest BCUT2D eigenvalue weighted by Crippen LogP contribution is -2.16. The summed E-state index contributed by atoms with van der Waals surface area (Å²) in [4.78, 5) is 18.4. The Kier molecular flexibility index (Phi) is 5.45. The Morgan fingerprint density at radius 1 is 1.37 bits per heavy atom. The van der Waals surface area contributed by atoms with E-state index >= 15 is 0 Å². The Hall–Kier alpha value is -1.94. The maximum atomic E-state index is 11.1. The van der Waals surface area contributed by atoms with Crippen LogP contribution in [0.3, 0.4) is 0 Å². The maximum absolute atomic E-state index is 11.1. The Morgan fingerprint density at radius 2 is 2.00 bits per heavy atom. The normalized spacial score (nSPS) is 10.4. The van der Waals surface area contributed by atoms with Crippen molar-refractivity contribution in [2.24, 2.45) is 0 Å². The van der Waals surface area contributed by atoms with Crippen LogP contribution in [0, 0.1) is 11.8 Å². The van der Waals surface area contributed by atoms with Crippen molar-refractivity contribution in [3.63, 3.8) is 0 Å². The van der Waals surface area contributed by atoms with Gasteiger partial charge in [-0.15, -0.1) is 0 Å². The first-order chi connectivity index (χ1) is 8.93. The van der Waals surface area contributed by atoms with Crippen molar-refractivity contribution >= 4 is 15.7 Å². The van der Waals surface area contributed by atoms with E-state index < -0.39 is 9.84 Å². The zero-order chi connectivity index (χ0) is 14.3. The van der Waals surface area contributed by atoms with Crippen LogP contribution in [0.1, 0.15) is 24.8 Å². The maximum Gasteiger partial charge on any atom is 0.246 e. The molecule has 0 atom stereocenters. The minimum absolute atomic E-state index is 0.0114. The standard InChI is InChI=1S/C12H15N3O3S/c1-13-11(16)7-5-3-4-6-10-8-14-12(15-9-10)19(2,17)18/h8-9H,3,5,7H2,1-2H3,(H,13,16). The van der Waals surface area contributed by atoms with E-state index in [0.717, 1.165) is 6.26 Å². The van der Waals surface area contributed by atoms with Crippen molar-refractivity contribution in [2.75, 3.05) is 13.3 Å². The Bertz CT molecular complexity index is 597. The number of amides is 1. The molecule has 0 aliphatic heterocycles. The molecule has 6 nitrogen and oxygen atoms in total. The molecular formula is C12H15N3O3S. The second kappa shape index (κ2) is 6.85. The number of sulfone groups is 1. The van der Waals surface area contributed by atoms with Gasteiger partial charge in [0, 0.05) is 38.5 Å². The number of carbonyl (C=O) groups excluding carboxylic acids is 1. The van der Waals surface area contributed by atoms with Gasteiger partial charge in [0.05, 0.1) is 5.56 Å². The van der Waals surface area contributed by atoms with Crippen molar-refractivity contribution in [3.05, 3.63) is 18.0 Å². The summed E-state index contributed by atoms with van der Waals surface area (Å²) >= 11 is 0. The Morgan fingerprint density at radius 3 is 2.53 bits per heavy atom. The third kappa shape index (κ3) is 5.48. The van der Waals surface area contributed by atoms with Gasteiger partial charge in [-0.1, -0.05) is 11.8 Å². The van der Waals surface area contributed by atoms with E-state index in [1.807, 2.05) is 0 Å². The highest BCUT2D eigenvalue weighted by molar-refractivity contribution is 7.90. The molecule has 0 saturated carbocycles. The molecule has 0 fully saturated rings. The molecule has 1 N–H and O–H groups in total. The largest absolute Gasteiger partial charge is 0.359 e. The van der Waals surface area contributed by atoms with Gasteiger partial charge in [0.15, 0.2) is 0 Å². The molecule has 0 saturated heterocycles. The number of unbranched alkanes of at least 4 members (excludes halogenated alkanes) is 1. The van der Waals surface area contributed by atoms with Crippen molar-refractivity contribution < 1.29 is 13.2 Å². The summed E-state index contributed by atoms with van der Waals surface area (Å²) < 4.78 is 22.3. The van der Waals surface area contributed by atoms with Crippen LogP contribution in [-0.4, -0.2) is 37.6 Å². The number of carbonyl (C=O) groups is 1. The van der Waals surface area contributed by atoms with Gasteiger partial charge in [0.1, 0.15) is 0 Å². The molecule has 19 heavy (non-hydrogen) atoms. The van der Waals surface area contributed by atoms with Gasteiger partial charge in [0.25, 0.3) is 0 Å². The van der Waals surface area contributed by atoms with E-state index in [1.54, 1.807) is 7.05 Å². The number of nitrogens with one attached hydrogen (secondary N) is 1. The fourth-order valence-electron chi connectivity index (χ4n) is 1.20. The average molecular weight is 281 g/mol. The van der Waals surface area contributed by atoms with Crippen LogP contribution in [-0.2, 0) is 14.6 Å². The van der Waals surface area contributed by atoms with Crippen LogP contribution in [0.4, 0.5) is 0 Å². The molecular weight excluding hydrogens is 266 g/mol.